The Morgan fingerprint density at radius 2 is 2.15 bits per heavy atom. The number of aromatic nitrogens is 1. The van der Waals surface area contributed by atoms with Crippen molar-refractivity contribution in [2.24, 2.45) is 0 Å². The molecule has 2 aromatic carbocycles. The lowest BCUT2D eigenvalue weighted by Gasteiger charge is -2.00. The number of benzene rings is 2. The molecule has 0 aliphatic rings. The van der Waals surface area contributed by atoms with Crippen LogP contribution in [-0.2, 0) is 11.2 Å². The molecule has 132 valence electrons. The molecule has 0 saturated carbocycles. The summed E-state index contributed by atoms with van der Waals surface area (Å²) in [4.78, 5) is 16.9. The maximum absolute atomic E-state index is 12.4. The predicted molar refractivity (Wildman–Crippen MR) is 104 cm³/mol. The van der Waals surface area contributed by atoms with Gasteiger partial charge in [-0.2, -0.15) is 0 Å². The lowest BCUT2D eigenvalue weighted by molar-refractivity contribution is -0.115. The van der Waals surface area contributed by atoms with Crippen molar-refractivity contribution in [1.82, 2.24) is 4.98 Å². The van der Waals surface area contributed by atoms with Crippen LogP contribution in [0.4, 0.5) is 5.13 Å². The summed E-state index contributed by atoms with van der Waals surface area (Å²) in [5, 5.41) is 4.44. The normalized spacial score (nSPS) is 11.2. The Labute approximate surface area is 154 Å². The Bertz CT molecular complexity index is 1100. The molecule has 2 aromatic heterocycles. The first-order valence-electron chi connectivity index (χ1n) is 8.42. The van der Waals surface area contributed by atoms with Gasteiger partial charge in [-0.3, -0.25) is 4.79 Å². The third kappa shape index (κ3) is 3.28. The van der Waals surface area contributed by atoms with Gasteiger partial charge in [0.15, 0.2) is 5.13 Å². The molecule has 0 fully saturated rings. The molecule has 6 heteroatoms. The van der Waals surface area contributed by atoms with E-state index in [4.69, 9.17) is 9.15 Å². The maximum atomic E-state index is 12.4. The molecule has 5 nitrogen and oxygen atoms in total. The Balaban J connectivity index is 1.51. The van der Waals surface area contributed by atoms with Crippen LogP contribution >= 0.6 is 11.3 Å². The number of hydrogen-bond donors (Lipinski definition) is 1. The number of fused-ring (bicyclic) bond motifs is 2. The van der Waals surface area contributed by atoms with Crippen molar-refractivity contribution in [3.05, 3.63) is 53.8 Å². The lowest BCUT2D eigenvalue weighted by Crippen LogP contribution is -2.13. The molecule has 4 aromatic rings. The third-order valence-corrected chi connectivity index (χ3v) is 5.01. The van der Waals surface area contributed by atoms with Crippen molar-refractivity contribution in [1.29, 1.82) is 0 Å². The van der Waals surface area contributed by atoms with Gasteiger partial charge in [-0.1, -0.05) is 23.5 Å². The minimum absolute atomic E-state index is 0.114. The number of aryl methyl sites for hydroxylation is 1. The van der Waals surface area contributed by atoms with E-state index in [1.54, 1.807) is 6.26 Å². The molecule has 1 amide bonds. The molecule has 0 bridgehead atoms. The summed E-state index contributed by atoms with van der Waals surface area (Å²) in [5.74, 6) is 0.694. The SMILES string of the molecule is CCOc1ccc2nc(NC(=O)Cc3coc4cc(C)ccc34)sc2c1. The van der Waals surface area contributed by atoms with Crippen molar-refractivity contribution < 1.29 is 13.9 Å². The minimum Gasteiger partial charge on any atom is -0.494 e. The highest BCUT2D eigenvalue weighted by Gasteiger charge is 2.13. The van der Waals surface area contributed by atoms with E-state index in [0.29, 0.717) is 11.7 Å². The number of hydrogen-bond acceptors (Lipinski definition) is 5. The van der Waals surface area contributed by atoms with Crippen LogP contribution in [0, 0.1) is 6.92 Å². The van der Waals surface area contributed by atoms with Gasteiger partial charge in [0.2, 0.25) is 5.91 Å². The summed E-state index contributed by atoms with van der Waals surface area (Å²) in [5.41, 5.74) is 3.65. The number of carbonyl (C=O) groups is 1. The largest absolute Gasteiger partial charge is 0.494 e. The van der Waals surface area contributed by atoms with Crippen LogP contribution in [0.15, 0.2) is 47.1 Å². The van der Waals surface area contributed by atoms with Crippen LogP contribution in [0.3, 0.4) is 0 Å². The molecule has 0 aliphatic carbocycles. The van der Waals surface area contributed by atoms with Crippen LogP contribution in [0.1, 0.15) is 18.1 Å². The zero-order chi connectivity index (χ0) is 18.1. The van der Waals surface area contributed by atoms with Gasteiger partial charge in [0.1, 0.15) is 11.3 Å². The Kier molecular flexibility index (Phi) is 4.34. The van der Waals surface area contributed by atoms with E-state index in [1.165, 1.54) is 11.3 Å². The fraction of sp³-hybridized carbons (Fsp3) is 0.200. The standard InChI is InChI=1S/C20H18N2O3S/c1-3-24-14-5-7-16-18(10-14)26-20(21-16)22-19(23)9-13-11-25-17-8-12(2)4-6-15(13)17/h4-8,10-11H,3,9H2,1-2H3,(H,21,22,23). The quantitative estimate of drug-likeness (QED) is 0.544. The van der Waals surface area contributed by atoms with E-state index in [0.717, 1.165) is 38.1 Å². The van der Waals surface area contributed by atoms with Crippen molar-refractivity contribution in [3.8, 4) is 5.75 Å². The molecule has 2 heterocycles. The molecule has 0 atom stereocenters. The van der Waals surface area contributed by atoms with Crippen LogP contribution < -0.4 is 10.1 Å². The molecule has 26 heavy (non-hydrogen) atoms. The van der Waals surface area contributed by atoms with Gasteiger partial charge >= 0.3 is 0 Å². The highest BCUT2D eigenvalue weighted by atomic mass is 32.1. The number of amides is 1. The Hall–Kier alpha value is -2.86. The van der Waals surface area contributed by atoms with E-state index in [1.807, 2.05) is 50.2 Å². The average Bonchev–Trinajstić information content (AvgIpc) is 3.18. The van der Waals surface area contributed by atoms with Gasteiger partial charge < -0.3 is 14.5 Å². The number of thiazole rings is 1. The predicted octanol–water partition coefficient (Wildman–Crippen LogP) is 4.93. The molecule has 4 rings (SSSR count). The first-order chi connectivity index (χ1) is 12.6. The van der Waals surface area contributed by atoms with E-state index in [-0.39, 0.29) is 12.3 Å². The fourth-order valence-electron chi connectivity index (χ4n) is 2.88. The third-order valence-electron chi connectivity index (χ3n) is 4.08. The molecule has 0 radical (unpaired) electrons. The van der Waals surface area contributed by atoms with E-state index < -0.39 is 0 Å². The second kappa shape index (κ2) is 6.80. The molecule has 1 N–H and O–H groups in total. The number of anilines is 1. The van der Waals surface area contributed by atoms with Gasteiger partial charge in [-0.15, -0.1) is 0 Å². The van der Waals surface area contributed by atoms with Gasteiger partial charge in [0.05, 0.1) is 29.5 Å². The van der Waals surface area contributed by atoms with Gasteiger partial charge in [-0.25, -0.2) is 4.98 Å². The summed E-state index contributed by atoms with van der Waals surface area (Å²) >= 11 is 1.44. The highest BCUT2D eigenvalue weighted by molar-refractivity contribution is 7.22. The monoisotopic (exact) mass is 366 g/mol. The first kappa shape index (κ1) is 16.6. The maximum Gasteiger partial charge on any atom is 0.230 e. The van der Waals surface area contributed by atoms with E-state index in [2.05, 4.69) is 10.3 Å². The zero-order valence-corrected chi connectivity index (χ0v) is 15.4. The minimum atomic E-state index is -0.114. The first-order valence-corrected chi connectivity index (χ1v) is 9.24. The molecular formula is C20H18N2O3S. The van der Waals surface area contributed by atoms with Crippen LogP contribution in [-0.4, -0.2) is 17.5 Å². The second-order valence-electron chi connectivity index (χ2n) is 6.07. The van der Waals surface area contributed by atoms with Crippen molar-refractivity contribution in [3.63, 3.8) is 0 Å². The van der Waals surface area contributed by atoms with Crippen LogP contribution in [0.5, 0.6) is 5.75 Å². The molecule has 0 aliphatic heterocycles. The zero-order valence-electron chi connectivity index (χ0n) is 14.5. The van der Waals surface area contributed by atoms with Crippen molar-refractivity contribution in [2.75, 3.05) is 11.9 Å². The fourth-order valence-corrected chi connectivity index (χ4v) is 3.79. The average molecular weight is 366 g/mol. The molecule has 0 saturated heterocycles. The van der Waals surface area contributed by atoms with E-state index in [9.17, 15) is 4.79 Å². The summed E-state index contributed by atoms with van der Waals surface area (Å²) in [6, 6.07) is 11.7. The molecule has 0 unspecified atom stereocenters. The van der Waals surface area contributed by atoms with Gasteiger partial charge in [-0.05, 0) is 43.7 Å². The molecular weight excluding hydrogens is 348 g/mol. The summed E-state index contributed by atoms with van der Waals surface area (Å²) < 4.78 is 12.0. The summed E-state index contributed by atoms with van der Waals surface area (Å²) in [7, 11) is 0. The Morgan fingerprint density at radius 1 is 1.27 bits per heavy atom. The lowest BCUT2D eigenvalue weighted by atomic mass is 10.1. The molecule has 0 spiro atoms. The van der Waals surface area contributed by atoms with Crippen LogP contribution in [0.25, 0.3) is 21.2 Å². The topological polar surface area (TPSA) is 64.4 Å². The van der Waals surface area contributed by atoms with Crippen molar-refractivity contribution in [2.45, 2.75) is 20.3 Å². The number of ether oxygens (including phenoxy) is 1. The van der Waals surface area contributed by atoms with Gasteiger partial charge in [0, 0.05) is 10.9 Å². The van der Waals surface area contributed by atoms with E-state index >= 15 is 0 Å². The van der Waals surface area contributed by atoms with Gasteiger partial charge in [0.25, 0.3) is 0 Å². The number of rotatable bonds is 5. The highest BCUT2D eigenvalue weighted by Crippen LogP contribution is 2.29. The summed E-state index contributed by atoms with van der Waals surface area (Å²) in [6.45, 7) is 4.58. The van der Waals surface area contributed by atoms with Crippen LogP contribution in [0.2, 0.25) is 0 Å². The number of nitrogens with zero attached hydrogens (tertiary/aromatic N) is 1. The Morgan fingerprint density at radius 3 is 3.00 bits per heavy atom. The summed E-state index contributed by atoms with van der Waals surface area (Å²) in [6.07, 6.45) is 1.90. The second-order valence-corrected chi connectivity index (χ2v) is 7.10. The number of carbonyl (C=O) groups excluding carboxylic acids is 1. The van der Waals surface area contributed by atoms with Crippen molar-refractivity contribution >= 4 is 43.6 Å². The smallest absolute Gasteiger partial charge is 0.230 e. The number of furan rings is 1. The number of nitrogens with one attached hydrogen (secondary N) is 1.